The number of carbonyl (C=O) groups excluding carboxylic acids is 1. The molecule has 39 heavy (non-hydrogen) atoms. The number of nitrogens with zero attached hydrogens (tertiary/aromatic N) is 4. The molecular formula is C25H35N6O7P. The first-order chi connectivity index (χ1) is 18.6. The average Bonchev–Trinajstić information content (AvgIpc) is 3.46. The fraction of sp³-hybridized carbons (Fsp3) is 0.520. The number of benzene rings is 1. The minimum Gasteiger partial charge on any atom is -0.476 e. The molecule has 0 aliphatic carbocycles. The van der Waals surface area contributed by atoms with Crippen LogP contribution in [0.2, 0.25) is 0 Å². The van der Waals surface area contributed by atoms with Crippen molar-refractivity contribution in [2.75, 3.05) is 18.9 Å². The third kappa shape index (κ3) is 7.04. The van der Waals surface area contributed by atoms with Crippen LogP contribution < -0.4 is 20.1 Å². The molecule has 2 unspecified atom stereocenters. The van der Waals surface area contributed by atoms with Crippen LogP contribution in [0.15, 0.2) is 36.7 Å². The number of anilines is 1. The van der Waals surface area contributed by atoms with E-state index in [0.717, 1.165) is 0 Å². The van der Waals surface area contributed by atoms with Crippen molar-refractivity contribution in [2.45, 2.75) is 65.5 Å². The summed E-state index contributed by atoms with van der Waals surface area (Å²) in [4.78, 5) is 25.3. The first-order valence-electron chi connectivity index (χ1n) is 12.8. The van der Waals surface area contributed by atoms with Gasteiger partial charge in [-0.05, 0) is 46.2 Å². The second-order valence-electron chi connectivity index (χ2n) is 9.54. The molecule has 0 bridgehead atoms. The van der Waals surface area contributed by atoms with E-state index in [0.29, 0.717) is 35.8 Å². The Bertz CT molecular complexity index is 1320. The van der Waals surface area contributed by atoms with Gasteiger partial charge in [-0.2, -0.15) is 15.1 Å². The van der Waals surface area contributed by atoms with Gasteiger partial charge >= 0.3 is 13.7 Å². The second kappa shape index (κ2) is 12.3. The Morgan fingerprint density at radius 3 is 2.69 bits per heavy atom. The monoisotopic (exact) mass is 562 g/mol. The number of imidazole rings is 1. The van der Waals surface area contributed by atoms with Crippen LogP contribution in [-0.4, -0.2) is 57.0 Å². The minimum absolute atomic E-state index is 0.0325. The predicted octanol–water partition coefficient (Wildman–Crippen LogP) is 3.86. The fourth-order valence-electron chi connectivity index (χ4n) is 4.21. The Balaban J connectivity index is 1.48. The van der Waals surface area contributed by atoms with E-state index in [4.69, 9.17) is 29.0 Å². The molecular weight excluding hydrogens is 527 g/mol. The molecule has 13 nitrogen and oxygen atoms in total. The molecule has 2 aromatic heterocycles. The van der Waals surface area contributed by atoms with Crippen LogP contribution in [0.25, 0.3) is 11.2 Å². The van der Waals surface area contributed by atoms with Crippen molar-refractivity contribution in [1.82, 2.24) is 24.6 Å². The maximum atomic E-state index is 13.8. The van der Waals surface area contributed by atoms with Crippen LogP contribution >= 0.6 is 7.75 Å². The van der Waals surface area contributed by atoms with Crippen LogP contribution in [0.4, 0.5) is 5.95 Å². The van der Waals surface area contributed by atoms with Gasteiger partial charge in [0.25, 0.3) is 0 Å². The number of esters is 1. The molecule has 0 spiro atoms. The number of nitrogens with two attached hydrogens (primary N) is 1. The van der Waals surface area contributed by atoms with Crippen molar-refractivity contribution in [3.63, 3.8) is 0 Å². The van der Waals surface area contributed by atoms with Gasteiger partial charge in [0.1, 0.15) is 18.0 Å². The highest BCUT2D eigenvalue weighted by Gasteiger charge is 2.38. The Kier molecular flexibility index (Phi) is 9.06. The van der Waals surface area contributed by atoms with E-state index < -0.39 is 32.1 Å². The van der Waals surface area contributed by atoms with Crippen molar-refractivity contribution in [3.8, 4) is 11.6 Å². The summed E-state index contributed by atoms with van der Waals surface area (Å²) in [6, 6.07) is 7.63. The molecule has 5 atom stereocenters. The van der Waals surface area contributed by atoms with Gasteiger partial charge in [-0.15, -0.1) is 0 Å². The highest BCUT2D eigenvalue weighted by atomic mass is 31.2. The molecule has 0 radical (unpaired) electrons. The van der Waals surface area contributed by atoms with E-state index in [1.54, 1.807) is 55.1 Å². The number of para-hydroxylation sites is 1. The van der Waals surface area contributed by atoms with E-state index in [-0.39, 0.29) is 24.6 Å². The lowest BCUT2D eigenvalue weighted by Crippen LogP contribution is -2.36. The summed E-state index contributed by atoms with van der Waals surface area (Å²) >= 11 is 0. The quantitative estimate of drug-likeness (QED) is 0.242. The predicted molar refractivity (Wildman–Crippen MR) is 143 cm³/mol. The number of hydrogen-bond donors (Lipinski definition) is 2. The summed E-state index contributed by atoms with van der Waals surface area (Å²) in [6.07, 6.45) is 1.01. The number of nitrogens with one attached hydrogen (secondary N) is 1. The number of carbonyl (C=O) groups is 1. The SMILES string of the molecule is CCOc1nc(N)nc2c1ncn2[C@@H]1O[C@H](COP(=O)(NC(C)C(=O)OC(C)C)Oc2ccccc2)C[C@@H]1C. The van der Waals surface area contributed by atoms with Gasteiger partial charge < -0.3 is 24.5 Å². The highest BCUT2D eigenvalue weighted by molar-refractivity contribution is 7.52. The molecule has 1 aliphatic heterocycles. The lowest BCUT2D eigenvalue weighted by molar-refractivity contribution is -0.149. The Morgan fingerprint density at radius 1 is 1.26 bits per heavy atom. The summed E-state index contributed by atoms with van der Waals surface area (Å²) in [5, 5.41) is 2.69. The molecule has 1 saturated heterocycles. The summed E-state index contributed by atoms with van der Waals surface area (Å²) < 4.78 is 44.1. The first kappa shape index (κ1) is 28.8. The molecule has 0 saturated carbocycles. The van der Waals surface area contributed by atoms with Crippen molar-refractivity contribution in [2.24, 2.45) is 5.92 Å². The largest absolute Gasteiger partial charge is 0.476 e. The van der Waals surface area contributed by atoms with Crippen molar-refractivity contribution >= 4 is 30.8 Å². The highest BCUT2D eigenvalue weighted by Crippen LogP contribution is 2.46. The lowest BCUT2D eigenvalue weighted by Gasteiger charge is -2.24. The smallest absolute Gasteiger partial charge is 0.459 e. The van der Waals surface area contributed by atoms with Crippen LogP contribution in [0.5, 0.6) is 11.6 Å². The molecule has 4 rings (SSSR count). The normalized spacial score (nSPS) is 21.5. The van der Waals surface area contributed by atoms with Gasteiger partial charge in [-0.1, -0.05) is 25.1 Å². The van der Waals surface area contributed by atoms with E-state index >= 15 is 0 Å². The zero-order valence-electron chi connectivity index (χ0n) is 22.6. The number of aromatic nitrogens is 4. The van der Waals surface area contributed by atoms with Crippen molar-refractivity contribution in [3.05, 3.63) is 36.7 Å². The second-order valence-corrected chi connectivity index (χ2v) is 11.2. The van der Waals surface area contributed by atoms with Crippen molar-refractivity contribution < 1.29 is 32.6 Å². The molecule has 3 aromatic rings. The summed E-state index contributed by atoms with van der Waals surface area (Å²) in [5.74, 6) is 0.150. The Hall–Kier alpha value is -3.25. The molecule has 1 fully saturated rings. The molecule has 0 amide bonds. The van der Waals surface area contributed by atoms with Gasteiger partial charge in [-0.25, -0.2) is 9.55 Å². The molecule has 3 N–H and O–H groups in total. The van der Waals surface area contributed by atoms with E-state index in [1.165, 1.54) is 6.92 Å². The number of nitrogen functional groups attached to an aromatic ring is 1. The summed E-state index contributed by atoms with van der Waals surface area (Å²) in [5.41, 5.74) is 6.87. The molecule has 14 heteroatoms. The third-order valence-electron chi connectivity index (χ3n) is 5.87. The number of rotatable bonds is 12. The fourth-order valence-corrected chi connectivity index (χ4v) is 5.73. The topological polar surface area (TPSA) is 162 Å². The van der Waals surface area contributed by atoms with Crippen LogP contribution in [-0.2, 0) is 23.4 Å². The lowest BCUT2D eigenvalue weighted by atomic mass is 10.1. The molecule has 1 aromatic carbocycles. The Labute approximate surface area is 226 Å². The summed E-state index contributed by atoms with van der Waals surface area (Å²) in [7, 11) is -4.01. The van der Waals surface area contributed by atoms with E-state index in [1.807, 2.05) is 13.8 Å². The van der Waals surface area contributed by atoms with Gasteiger partial charge in [0.05, 0.1) is 31.7 Å². The zero-order chi connectivity index (χ0) is 28.2. The third-order valence-corrected chi connectivity index (χ3v) is 7.52. The molecule has 212 valence electrons. The molecule has 3 heterocycles. The van der Waals surface area contributed by atoms with Crippen LogP contribution in [0.3, 0.4) is 0 Å². The van der Waals surface area contributed by atoms with Crippen LogP contribution in [0.1, 0.15) is 47.3 Å². The summed E-state index contributed by atoms with van der Waals surface area (Å²) in [6.45, 7) is 9.21. The maximum absolute atomic E-state index is 13.8. The zero-order valence-corrected chi connectivity index (χ0v) is 23.5. The van der Waals surface area contributed by atoms with Crippen LogP contribution in [0, 0.1) is 5.92 Å². The van der Waals surface area contributed by atoms with Gasteiger partial charge in [0, 0.05) is 5.92 Å². The van der Waals surface area contributed by atoms with E-state index in [2.05, 4.69) is 20.0 Å². The minimum atomic E-state index is -4.01. The van der Waals surface area contributed by atoms with Gasteiger partial charge in [0.15, 0.2) is 11.2 Å². The number of fused-ring (bicyclic) bond motifs is 1. The molecule has 1 aliphatic rings. The number of ether oxygens (including phenoxy) is 3. The average molecular weight is 563 g/mol. The van der Waals surface area contributed by atoms with Gasteiger partial charge in [-0.3, -0.25) is 13.9 Å². The Morgan fingerprint density at radius 2 is 2.00 bits per heavy atom. The van der Waals surface area contributed by atoms with Crippen molar-refractivity contribution in [1.29, 1.82) is 0 Å². The maximum Gasteiger partial charge on any atom is 0.459 e. The first-order valence-corrected chi connectivity index (χ1v) is 14.4. The van der Waals surface area contributed by atoms with E-state index in [9.17, 15) is 9.36 Å². The standard InChI is InChI=1S/C25H35N6O7P/c1-6-34-22-20-21(28-25(26)29-22)31(14-27-20)23-16(4)12-19(37-23)13-35-39(33,38-18-10-8-7-9-11-18)30-17(5)24(32)36-15(2)3/h7-11,14-17,19,23H,6,12-13H2,1-5H3,(H,30,33)(H2,26,28,29)/t16-,17?,19-,23+,39?/m0/s1. The number of hydrogen-bond acceptors (Lipinski definition) is 11. The van der Waals surface area contributed by atoms with Gasteiger partial charge in [0.2, 0.25) is 11.8 Å².